The summed E-state index contributed by atoms with van der Waals surface area (Å²) in [7, 11) is 0. The van der Waals surface area contributed by atoms with E-state index in [-0.39, 0.29) is 30.4 Å². The predicted octanol–water partition coefficient (Wildman–Crippen LogP) is 1.30. The van der Waals surface area contributed by atoms with Gasteiger partial charge in [-0.2, -0.15) is 0 Å². The molecule has 3 rings (SSSR count). The number of carbonyl (C=O) groups excluding carboxylic acids is 4. The molecule has 0 aromatic heterocycles. The third kappa shape index (κ3) is 2.55. The number of benzene rings is 1. The summed E-state index contributed by atoms with van der Waals surface area (Å²) in [6.07, 6.45) is 1.13. The minimum absolute atomic E-state index is 0.113. The van der Waals surface area contributed by atoms with Crippen molar-refractivity contribution in [2.45, 2.75) is 45.2 Å². The van der Waals surface area contributed by atoms with Crippen molar-refractivity contribution in [3.8, 4) is 0 Å². The van der Waals surface area contributed by atoms with Gasteiger partial charge in [0.05, 0.1) is 11.1 Å². The van der Waals surface area contributed by atoms with Gasteiger partial charge in [0.1, 0.15) is 6.04 Å². The highest BCUT2D eigenvalue weighted by Gasteiger charge is 2.45. The Balaban J connectivity index is 1.95. The third-order valence-corrected chi connectivity index (χ3v) is 4.48. The smallest absolute Gasteiger partial charge is 0.264 e. The highest BCUT2D eigenvalue weighted by Crippen LogP contribution is 2.32. The maximum absolute atomic E-state index is 12.8. The van der Waals surface area contributed by atoms with Gasteiger partial charge in [-0.05, 0) is 31.9 Å². The highest BCUT2D eigenvalue weighted by molar-refractivity contribution is 6.25. The lowest BCUT2D eigenvalue weighted by Gasteiger charge is -2.27. The number of fused-ring (bicyclic) bond motifs is 1. The lowest BCUT2D eigenvalue weighted by atomic mass is 10.0. The number of nitrogens with one attached hydrogen (secondary N) is 2. The fraction of sp³-hybridized carbons (Fsp3) is 0.412. The van der Waals surface area contributed by atoms with Crippen molar-refractivity contribution < 1.29 is 19.2 Å². The molecule has 1 aromatic carbocycles. The zero-order valence-electron chi connectivity index (χ0n) is 13.6. The van der Waals surface area contributed by atoms with Crippen LogP contribution in [0, 0.1) is 0 Å². The van der Waals surface area contributed by atoms with Crippen molar-refractivity contribution in [1.82, 2.24) is 10.2 Å². The molecule has 4 amide bonds. The van der Waals surface area contributed by atoms with Crippen LogP contribution in [0.25, 0.3) is 0 Å². The second-order valence-corrected chi connectivity index (χ2v) is 6.13. The molecule has 1 fully saturated rings. The normalized spacial score (nSPS) is 21.6. The minimum Gasteiger partial charge on any atom is -0.382 e. The van der Waals surface area contributed by atoms with Crippen LogP contribution in [0.15, 0.2) is 18.2 Å². The molecular formula is C17H19N3O4. The SMILES string of the molecule is CCC(C)Nc1cccc2c1C(=O)N(C1CCC(=O)NC1=O)C2=O. The van der Waals surface area contributed by atoms with Crippen LogP contribution in [0.2, 0.25) is 0 Å². The van der Waals surface area contributed by atoms with Crippen LogP contribution >= 0.6 is 0 Å². The Morgan fingerprint density at radius 3 is 2.67 bits per heavy atom. The number of imide groups is 2. The Labute approximate surface area is 139 Å². The lowest BCUT2D eigenvalue weighted by molar-refractivity contribution is -0.136. The summed E-state index contributed by atoms with van der Waals surface area (Å²) in [6, 6.07) is 4.26. The van der Waals surface area contributed by atoms with Crippen LogP contribution in [-0.2, 0) is 9.59 Å². The quantitative estimate of drug-likeness (QED) is 0.812. The van der Waals surface area contributed by atoms with Gasteiger partial charge in [0.2, 0.25) is 11.8 Å². The van der Waals surface area contributed by atoms with Gasteiger partial charge in [0.25, 0.3) is 11.8 Å². The summed E-state index contributed by atoms with van der Waals surface area (Å²) in [5.74, 6) is -1.96. The number of carbonyl (C=O) groups is 4. The zero-order valence-corrected chi connectivity index (χ0v) is 13.6. The average Bonchev–Trinajstić information content (AvgIpc) is 2.80. The third-order valence-electron chi connectivity index (χ3n) is 4.48. The molecule has 0 aliphatic carbocycles. The van der Waals surface area contributed by atoms with Crippen LogP contribution in [0.1, 0.15) is 53.8 Å². The number of anilines is 1. The first-order chi connectivity index (χ1) is 11.4. The van der Waals surface area contributed by atoms with E-state index >= 15 is 0 Å². The van der Waals surface area contributed by atoms with Crippen LogP contribution in [0.3, 0.4) is 0 Å². The Hall–Kier alpha value is -2.70. The highest BCUT2D eigenvalue weighted by atomic mass is 16.2. The van der Waals surface area contributed by atoms with Crippen molar-refractivity contribution in [1.29, 1.82) is 0 Å². The number of hydrogen-bond acceptors (Lipinski definition) is 5. The summed E-state index contributed by atoms with van der Waals surface area (Å²) in [6.45, 7) is 4.00. The van der Waals surface area contributed by atoms with Gasteiger partial charge in [-0.3, -0.25) is 29.4 Å². The van der Waals surface area contributed by atoms with Gasteiger partial charge in [0, 0.05) is 18.2 Å². The van der Waals surface area contributed by atoms with Crippen molar-refractivity contribution >= 4 is 29.3 Å². The van der Waals surface area contributed by atoms with E-state index in [4.69, 9.17) is 0 Å². The second kappa shape index (κ2) is 6.07. The van der Waals surface area contributed by atoms with E-state index in [0.717, 1.165) is 11.3 Å². The summed E-state index contributed by atoms with van der Waals surface area (Å²) >= 11 is 0. The first-order valence-corrected chi connectivity index (χ1v) is 8.05. The summed E-state index contributed by atoms with van der Waals surface area (Å²) in [4.78, 5) is 49.8. The average molecular weight is 329 g/mol. The molecule has 126 valence electrons. The lowest BCUT2D eigenvalue weighted by Crippen LogP contribution is -2.54. The number of piperidine rings is 1. The van der Waals surface area contributed by atoms with Crippen molar-refractivity contribution in [2.75, 3.05) is 5.32 Å². The Kier molecular flexibility index (Phi) is 4.09. The Bertz CT molecular complexity index is 743. The Morgan fingerprint density at radius 2 is 2.00 bits per heavy atom. The molecule has 7 nitrogen and oxygen atoms in total. The number of amides is 4. The van der Waals surface area contributed by atoms with E-state index in [1.54, 1.807) is 18.2 Å². The molecule has 7 heteroatoms. The molecule has 24 heavy (non-hydrogen) atoms. The standard InChI is InChI=1S/C17H19N3O4/c1-3-9(2)18-11-6-4-5-10-14(11)17(24)20(16(10)23)12-7-8-13(21)19-15(12)22/h4-6,9,12,18H,3,7-8H2,1-2H3,(H,19,21,22). The van der Waals surface area contributed by atoms with E-state index in [1.807, 2.05) is 13.8 Å². The fourth-order valence-electron chi connectivity index (χ4n) is 3.00. The van der Waals surface area contributed by atoms with Crippen molar-refractivity contribution in [3.05, 3.63) is 29.3 Å². The molecule has 2 aliphatic heterocycles. The van der Waals surface area contributed by atoms with Crippen LogP contribution in [0.5, 0.6) is 0 Å². The van der Waals surface area contributed by atoms with Crippen molar-refractivity contribution in [2.24, 2.45) is 0 Å². The molecule has 2 atom stereocenters. The molecule has 0 radical (unpaired) electrons. The zero-order chi connectivity index (χ0) is 17.4. The molecule has 2 unspecified atom stereocenters. The van der Waals surface area contributed by atoms with Gasteiger partial charge in [-0.25, -0.2) is 0 Å². The van der Waals surface area contributed by atoms with E-state index in [2.05, 4.69) is 10.6 Å². The second-order valence-electron chi connectivity index (χ2n) is 6.13. The maximum Gasteiger partial charge on any atom is 0.264 e. The molecular weight excluding hydrogens is 310 g/mol. The van der Waals surface area contributed by atoms with E-state index in [9.17, 15) is 19.2 Å². The maximum atomic E-state index is 12.8. The Morgan fingerprint density at radius 1 is 1.25 bits per heavy atom. The van der Waals surface area contributed by atoms with Crippen LogP contribution in [0.4, 0.5) is 5.69 Å². The van der Waals surface area contributed by atoms with Crippen molar-refractivity contribution in [3.63, 3.8) is 0 Å². The first-order valence-electron chi connectivity index (χ1n) is 8.05. The summed E-state index contributed by atoms with van der Waals surface area (Å²) in [5, 5.41) is 5.42. The van der Waals surface area contributed by atoms with E-state index < -0.39 is 23.8 Å². The van der Waals surface area contributed by atoms with Gasteiger partial charge >= 0.3 is 0 Å². The molecule has 1 saturated heterocycles. The molecule has 0 saturated carbocycles. The van der Waals surface area contributed by atoms with Crippen LogP contribution in [-0.4, -0.2) is 40.6 Å². The molecule has 0 spiro atoms. The number of hydrogen-bond donors (Lipinski definition) is 2. The fourth-order valence-corrected chi connectivity index (χ4v) is 3.00. The summed E-state index contributed by atoms with van der Waals surface area (Å²) in [5.41, 5.74) is 1.18. The monoisotopic (exact) mass is 329 g/mol. The molecule has 2 heterocycles. The number of nitrogens with zero attached hydrogens (tertiary/aromatic N) is 1. The predicted molar refractivity (Wildman–Crippen MR) is 86.5 cm³/mol. The van der Waals surface area contributed by atoms with Gasteiger partial charge < -0.3 is 5.32 Å². The first kappa shape index (κ1) is 16.2. The molecule has 2 aliphatic rings. The van der Waals surface area contributed by atoms with Gasteiger partial charge in [-0.15, -0.1) is 0 Å². The van der Waals surface area contributed by atoms with E-state index in [0.29, 0.717) is 11.3 Å². The minimum atomic E-state index is -0.938. The van der Waals surface area contributed by atoms with Gasteiger partial charge in [-0.1, -0.05) is 13.0 Å². The molecule has 1 aromatic rings. The van der Waals surface area contributed by atoms with Gasteiger partial charge in [0.15, 0.2) is 0 Å². The van der Waals surface area contributed by atoms with Crippen LogP contribution < -0.4 is 10.6 Å². The molecule has 0 bridgehead atoms. The molecule has 2 N–H and O–H groups in total. The number of rotatable bonds is 4. The van der Waals surface area contributed by atoms with E-state index in [1.165, 1.54) is 0 Å². The topological polar surface area (TPSA) is 95.6 Å². The summed E-state index contributed by atoms with van der Waals surface area (Å²) < 4.78 is 0. The largest absolute Gasteiger partial charge is 0.382 e.